The minimum Gasteiger partial charge on any atom is -0.492 e. The minimum atomic E-state index is -0.148. The van der Waals surface area contributed by atoms with Gasteiger partial charge >= 0.3 is 0 Å². The molecule has 0 saturated heterocycles. The molecule has 0 fully saturated rings. The van der Waals surface area contributed by atoms with Crippen molar-refractivity contribution in [1.29, 1.82) is 0 Å². The van der Waals surface area contributed by atoms with Gasteiger partial charge in [0.25, 0.3) is 0 Å². The molecule has 1 heterocycles. The molecule has 0 bridgehead atoms. The van der Waals surface area contributed by atoms with Gasteiger partial charge in [-0.05, 0) is 12.1 Å². The Bertz CT molecular complexity index is 535. The molecule has 1 aromatic carbocycles. The van der Waals surface area contributed by atoms with Gasteiger partial charge in [-0.2, -0.15) is 0 Å². The third-order valence-corrected chi connectivity index (χ3v) is 2.37. The zero-order valence-electron chi connectivity index (χ0n) is 9.37. The first kappa shape index (κ1) is 11.3. The fraction of sp³-hybridized carbons (Fsp3) is 0.154. The fourth-order valence-electron chi connectivity index (χ4n) is 1.47. The summed E-state index contributed by atoms with van der Waals surface area (Å²) in [5.41, 5.74) is 5.64. The predicted molar refractivity (Wildman–Crippen MR) is 67.1 cm³/mol. The van der Waals surface area contributed by atoms with Gasteiger partial charge in [0.1, 0.15) is 12.4 Å². The van der Waals surface area contributed by atoms with Crippen molar-refractivity contribution in [3.05, 3.63) is 59.0 Å². The van der Waals surface area contributed by atoms with Crippen molar-refractivity contribution in [2.75, 3.05) is 12.3 Å². The molecular formula is C13H14N2O2. The maximum atomic E-state index is 11.1. The van der Waals surface area contributed by atoms with Crippen molar-refractivity contribution < 1.29 is 4.74 Å². The number of ether oxygens (including phenoxy) is 1. The highest BCUT2D eigenvalue weighted by atomic mass is 16.5. The van der Waals surface area contributed by atoms with Crippen molar-refractivity contribution >= 4 is 5.69 Å². The summed E-state index contributed by atoms with van der Waals surface area (Å²) in [5, 5.41) is 0. The van der Waals surface area contributed by atoms with Crippen molar-refractivity contribution in [1.82, 2.24) is 4.57 Å². The molecule has 2 rings (SSSR count). The van der Waals surface area contributed by atoms with E-state index in [9.17, 15) is 4.79 Å². The average Bonchev–Trinajstić information content (AvgIpc) is 2.35. The molecule has 17 heavy (non-hydrogen) atoms. The van der Waals surface area contributed by atoms with E-state index in [-0.39, 0.29) is 11.1 Å². The quantitative estimate of drug-likeness (QED) is 0.866. The van der Waals surface area contributed by atoms with Crippen LogP contribution in [0.15, 0.2) is 53.6 Å². The lowest BCUT2D eigenvalue weighted by Gasteiger charge is -2.08. The van der Waals surface area contributed by atoms with Crippen molar-refractivity contribution in [2.45, 2.75) is 6.54 Å². The van der Waals surface area contributed by atoms with Crippen LogP contribution in [0.2, 0.25) is 0 Å². The van der Waals surface area contributed by atoms with Gasteiger partial charge in [-0.25, -0.2) is 0 Å². The van der Waals surface area contributed by atoms with E-state index in [0.29, 0.717) is 13.2 Å². The second-order valence-corrected chi connectivity index (χ2v) is 3.66. The van der Waals surface area contributed by atoms with E-state index in [1.807, 2.05) is 34.9 Å². The molecule has 2 aromatic rings. The SMILES string of the molecule is Nc1cn(CCOc2ccccc2)ccc1=O. The molecule has 0 aliphatic carbocycles. The van der Waals surface area contributed by atoms with Crippen molar-refractivity contribution in [3.63, 3.8) is 0 Å². The van der Waals surface area contributed by atoms with Gasteiger partial charge in [-0.3, -0.25) is 4.79 Å². The minimum absolute atomic E-state index is 0.148. The number of para-hydroxylation sites is 1. The van der Waals surface area contributed by atoms with E-state index in [1.54, 1.807) is 12.4 Å². The van der Waals surface area contributed by atoms with E-state index in [0.717, 1.165) is 5.75 Å². The van der Waals surface area contributed by atoms with Gasteiger partial charge in [0, 0.05) is 18.5 Å². The monoisotopic (exact) mass is 230 g/mol. The number of hydrogen-bond donors (Lipinski definition) is 1. The van der Waals surface area contributed by atoms with Gasteiger partial charge < -0.3 is 15.0 Å². The molecule has 0 amide bonds. The number of pyridine rings is 1. The number of anilines is 1. The van der Waals surface area contributed by atoms with Gasteiger partial charge in [0.05, 0.1) is 12.2 Å². The lowest BCUT2D eigenvalue weighted by Crippen LogP contribution is -2.13. The zero-order chi connectivity index (χ0) is 12.1. The van der Waals surface area contributed by atoms with Crippen molar-refractivity contribution in [2.24, 2.45) is 0 Å². The van der Waals surface area contributed by atoms with E-state index in [4.69, 9.17) is 10.5 Å². The first-order valence-electron chi connectivity index (χ1n) is 5.39. The lowest BCUT2D eigenvalue weighted by molar-refractivity contribution is 0.298. The van der Waals surface area contributed by atoms with E-state index in [1.165, 1.54) is 6.07 Å². The number of rotatable bonds is 4. The summed E-state index contributed by atoms with van der Waals surface area (Å²) in [5.74, 6) is 0.835. The predicted octanol–water partition coefficient (Wildman–Crippen LogP) is 1.51. The Morgan fingerprint density at radius 1 is 1.18 bits per heavy atom. The van der Waals surface area contributed by atoms with Crippen LogP contribution in [0, 0.1) is 0 Å². The molecule has 2 N–H and O–H groups in total. The number of benzene rings is 1. The van der Waals surface area contributed by atoms with Crippen LogP contribution in [-0.2, 0) is 6.54 Å². The maximum Gasteiger partial charge on any atom is 0.204 e. The normalized spacial score (nSPS) is 10.1. The first-order valence-corrected chi connectivity index (χ1v) is 5.39. The molecule has 0 radical (unpaired) electrons. The highest BCUT2D eigenvalue weighted by Crippen LogP contribution is 2.08. The summed E-state index contributed by atoms with van der Waals surface area (Å²) in [4.78, 5) is 11.1. The van der Waals surface area contributed by atoms with E-state index >= 15 is 0 Å². The Morgan fingerprint density at radius 2 is 1.94 bits per heavy atom. The summed E-state index contributed by atoms with van der Waals surface area (Å²) in [6.07, 6.45) is 3.32. The number of hydrogen-bond acceptors (Lipinski definition) is 3. The third-order valence-electron chi connectivity index (χ3n) is 2.37. The average molecular weight is 230 g/mol. The highest BCUT2D eigenvalue weighted by molar-refractivity contribution is 5.33. The topological polar surface area (TPSA) is 57.2 Å². The van der Waals surface area contributed by atoms with E-state index in [2.05, 4.69) is 0 Å². The van der Waals surface area contributed by atoms with Crippen LogP contribution in [0.5, 0.6) is 5.75 Å². The first-order chi connectivity index (χ1) is 8.25. The lowest BCUT2D eigenvalue weighted by atomic mass is 10.3. The standard InChI is InChI=1S/C13H14N2O2/c14-12-10-15(7-6-13(12)16)8-9-17-11-4-2-1-3-5-11/h1-7,10H,8-9,14H2. The van der Waals surface area contributed by atoms with Crippen LogP contribution in [0.25, 0.3) is 0 Å². The molecule has 88 valence electrons. The van der Waals surface area contributed by atoms with Crippen molar-refractivity contribution in [3.8, 4) is 5.75 Å². The smallest absolute Gasteiger partial charge is 0.204 e. The summed E-state index contributed by atoms with van der Waals surface area (Å²) in [7, 11) is 0. The van der Waals surface area contributed by atoms with Crippen LogP contribution < -0.4 is 15.9 Å². The summed E-state index contributed by atoms with van der Waals surface area (Å²) < 4.78 is 7.37. The molecule has 4 nitrogen and oxygen atoms in total. The molecule has 0 saturated carbocycles. The molecule has 0 atom stereocenters. The Labute approximate surface area is 99.3 Å². The molecule has 0 aliphatic heterocycles. The number of nitrogens with two attached hydrogens (primary N) is 1. The Kier molecular flexibility index (Phi) is 3.45. The summed E-state index contributed by atoms with van der Waals surface area (Å²) >= 11 is 0. The van der Waals surface area contributed by atoms with Crippen LogP contribution >= 0.6 is 0 Å². The highest BCUT2D eigenvalue weighted by Gasteiger charge is 1.96. The van der Waals surface area contributed by atoms with Gasteiger partial charge in [0.15, 0.2) is 0 Å². The number of nitrogens with zero attached hydrogens (tertiary/aromatic N) is 1. The molecule has 0 spiro atoms. The van der Waals surface area contributed by atoms with Gasteiger partial charge in [0.2, 0.25) is 5.43 Å². The largest absolute Gasteiger partial charge is 0.492 e. The van der Waals surface area contributed by atoms with Gasteiger partial charge in [-0.1, -0.05) is 18.2 Å². The number of aromatic nitrogens is 1. The third kappa shape index (κ3) is 3.11. The molecular weight excluding hydrogens is 216 g/mol. The zero-order valence-corrected chi connectivity index (χ0v) is 9.37. The van der Waals surface area contributed by atoms with Gasteiger partial charge in [-0.15, -0.1) is 0 Å². The Balaban J connectivity index is 1.90. The van der Waals surface area contributed by atoms with Crippen LogP contribution in [-0.4, -0.2) is 11.2 Å². The Hall–Kier alpha value is -2.23. The van der Waals surface area contributed by atoms with Crippen LogP contribution in [0.1, 0.15) is 0 Å². The van der Waals surface area contributed by atoms with Crippen LogP contribution in [0.4, 0.5) is 5.69 Å². The van der Waals surface area contributed by atoms with E-state index < -0.39 is 0 Å². The molecule has 1 aromatic heterocycles. The number of nitrogen functional groups attached to an aromatic ring is 1. The second kappa shape index (κ2) is 5.21. The second-order valence-electron chi connectivity index (χ2n) is 3.66. The maximum absolute atomic E-state index is 11.1. The molecule has 0 unspecified atom stereocenters. The Morgan fingerprint density at radius 3 is 2.65 bits per heavy atom. The fourth-order valence-corrected chi connectivity index (χ4v) is 1.47. The summed E-state index contributed by atoms with van der Waals surface area (Å²) in [6, 6.07) is 11.0. The summed E-state index contributed by atoms with van der Waals surface area (Å²) in [6.45, 7) is 1.19. The molecule has 0 aliphatic rings. The molecule has 4 heteroatoms. The van der Waals surface area contributed by atoms with Crippen LogP contribution in [0.3, 0.4) is 0 Å².